The maximum atomic E-state index is 12.5. The number of amides is 2. The first-order valence-electron chi connectivity index (χ1n) is 7.64. The Morgan fingerprint density at radius 1 is 1.10 bits per heavy atom. The summed E-state index contributed by atoms with van der Waals surface area (Å²) < 4.78 is 0. The molecule has 0 radical (unpaired) electrons. The van der Waals surface area contributed by atoms with Crippen LogP contribution in [0.25, 0.3) is 0 Å². The van der Waals surface area contributed by atoms with Crippen LogP contribution in [0.3, 0.4) is 0 Å². The minimum atomic E-state index is -0.502. The van der Waals surface area contributed by atoms with E-state index in [1.165, 1.54) is 17.7 Å². The molecule has 1 aromatic heterocycles. The Balaban J connectivity index is 1.69. The normalized spacial score (nSPS) is 24.2. The van der Waals surface area contributed by atoms with Gasteiger partial charge in [0.25, 0.3) is 5.91 Å². The van der Waals surface area contributed by atoms with Crippen molar-refractivity contribution in [1.29, 1.82) is 0 Å². The number of likely N-dealkylation sites (tertiary alicyclic amines) is 1. The molecule has 2 amide bonds. The van der Waals surface area contributed by atoms with Crippen molar-refractivity contribution >= 4 is 17.6 Å². The van der Waals surface area contributed by atoms with Gasteiger partial charge in [-0.05, 0) is 12.8 Å². The van der Waals surface area contributed by atoms with E-state index < -0.39 is 6.04 Å². The number of hydrogen-bond donors (Lipinski definition) is 1. The molecule has 2 fully saturated rings. The van der Waals surface area contributed by atoms with Crippen molar-refractivity contribution in [1.82, 2.24) is 14.9 Å². The van der Waals surface area contributed by atoms with E-state index in [-0.39, 0.29) is 24.3 Å². The summed E-state index contributed by atoms with van der Waals surface area (Å²) in [5, 5.41) is 3.02. The van der Waals surface area contributed by atoms with Crippen molar-refractivity contribution in [3.63, 3.8) is 0 Å². The number of aromatic nitrogens is 2. The van der Waals surface area contributed by atoms with E-state index in [1.807, 2.05) is 0 Å². The van der Waals surface area contributed by atoms with Crippen LogP contribution in [0, 0.1) is 0 Å². The van der Waals surface area contributed by atoms with Crippen LogP contribution in [0.1, 0.15) is 44.9 Å². The molecule has 1 atom stereocenters. The molecule has 0 bridgehead atoms. The van der Waals surface area contributed by atoms with Crippen LogP contribution in [0.2, 0.25) is 0 Å². The summed E-state index contributed by atoms with van der Waals surface area (Å²) in [6.07, 6.45) is 11.4. The van der Waals surface area contributed by atoms with Crippen molar-refractivity contribution < 1.29 is 9.59 Å². The molecule has 1 saturated carbocycles. The third-order valence-corrected chi connectivity index (χ3v) is 4.26. The first-order chi connectivity index (χ1) is 10.3. The summed E-state index contributed by atoms with van der Waals surface area (Å²) >= 11 is 0. The van der Waals surface area contributed by atoms with E-state index in [9.17, 15) is 9.59 Å². The zero-order valence-electron chi connectivity index (χ0n) is 12.0. The molecular weight excluding hydrogens is 268 g/mol. The van der Waals surface area contributed by atoms with Gasteiger partial charge in [0.1, 0.15) is 11.9 Å². The van der Waals surface area contributed by atoms with E-state index in [0.717, 1.165) is 25.7 Å². The van der Waals surface area contributed by atoms with Crippen molar-refractivity contribution in [3.8, 4) is 0 Å². The molecule has 6 heteroatoms. The van der Waals surface area contributed by atoms with Crippen molar-refractivity contribution in [3.05, 3.63) is 18.6 Å². The predicted octanol–water partition coefficient (Wildman–Crippen LogP) is 1.74. The largest absolute Gasteiger partial charge is 0.357 e. The van der Waals surface area contributed by atoms with Crippen LogP contribution in [0.4, 0.5) is 5.82 Å². The number of carbonyl (C=O) groups is 2. The second-order valence-corrected chi connectivity index (χ2v) is 5.74. The maximum absolute atomic E-state index is 12.5. The van der Waals surface area contributed by atoms with Crippen LogP contribution in [-0.2, 0) is 9.59 Å². The number of imide groups is 1. The Morgan fingerprint density at radius 3 is 2.52 bits per heavy atom. The zero-order chi connectivity index (χ0) is 14.7. The average molecular weight is 288 g/mol. The highest BCUT2D eigenvalue weighted by molar-refractivity contribution is 6.07. The Morgan fingerprint density at radius 2 is 1.86 bits per heavy atom. The molecule has 1 aliphatic carbocycles. The molecule has 0 spiro atoms. The lowest BCUT2D eigenvalue weighted by Gasteiger charge is -2.25. The SMILES string of the molecule is O=C1CC(Nc2cnccn2)C(=O)N1C1CCCCCC1. The monoisotopic (exact) mass is 288 g/mol. The number of nitrogens with one attached hydrogen (secondary N) is 1. The summed E-state index contributed by atoms with van der Waals surface area (Å²) in [4.78, 5) is 34.3. The smallest absolute Gasteiger partial charge is 0.252 e. The van der Waals surface area contributed by atoms with Gasteiger partial charge in [-0.15, -0.1) is 0 Å². The highest BCUT2D eigenvalue weighted by atomic mass is 16.2. The van der Waals surface area contributed by atoms with Gasteiger partial charge in [-0.2, -0.15) is 0 Å². The van der Waals surface area contributed by atoms with Crippen LogP contribution in [-0.4, -0.2) is 38.8 Å². The molecule has 1 N–H and O–H groups in total. The van der Waals surface area contributed by atoms with Crippen molar-refractivity contribution in [2.75, 3.05) is 5.32 Å². The molecular formula is C15H20N4O2. The lowest BCUT2D eigenvalue weighted by molar-refractivity contribution is -0.141. The number of nitrogens with zero attached hydrogens (tertiary/aromatic N) is 3. The highest BCUT2D eigenvalue weighted by Crippen LogP contribution is 2.27. The lowest BCUT2D eigenvalue weighted by atomic mass is 10.1. The minimum absolute atomic E-state index is 0.0618. The molecule has 1 aromatic rings. The summed E-state index contributed by atoms with van der Waals surface area (Å²) in [5.41, 5.74) is 0. The predicted molar refractivity (Wildman–Crippen MR) is 77.4 cm³/mol. The van der Waals surface area contributed by atoms with Gasteiger partial charge >= 0.3 is 0 Å². The fraction of sp³-hybridized carbons (Fsp3) is 0.600. The van der Waals surface area contributed by atoms with Gasteiger partial charge in [0.05, 0.1) is 12.6 Å². The Bertz CT molecular complexity index is 512. The molecule has 112 valence electrons. The minimum Gasteiger partial charge on any atom is -0.357 e. The molecule has 3 rings (SSSR count). The van der Waals surface area contributed by atoms with E-state index >= 15 is 0 Å². The molecule has 2 aliphatic rings. The van der Waals surface area contributed by atoms with Gasteiger partial charge < -0.3 is 5.32 Å². The van der Waals surface area contributed by atoms with Gasteiger partial charge in [0, 0.05) is 18.4 Å². The standard InChI is InChI=1S/C15H20N4O2/c20-14-9-12(18-13-10-16-7-8-17-13)15(21)19(14)11-5-3-1-2-4-6-11/h7-8,10-12H,1-6,9H2,(H,17,18). The first-order valence-corrected chi connectivity index (χ1v) is 7.64. The molecule has 1 unspecified atom stereocenters. The average Bonchev–Trinajstić information content (AvgIpc) is 2.70. The molecule has 1 aliphatic heterocycles. The quantitative estimate of drug-likeness (QED) is 0.677. The summed E-state index contributed by atoms with van der Waals surface area (Å²) in [5.74, 6) is 0.359. The van der Waals surface area contributed by atoms with Gasteiger partial charge in [0.2, 0.25) is 5.91 Å². The van der Waals surface area contributed by atoms with E-state index in [1.54, 1.807) is 18.6 Å². The van der Waals surface area contributed by atoms with E-state index in [0.29, 0.717) is 5.82 Å². The third kappa shape index (κ3) is 3.04. The van der Waals surface area contributed by atoms with Gasteiger partial charge in [-0.3, -0.25) is 19.5 Å². The summed E-state index contributed by atoms with van der Waals surface area (Å²) in [7, 11) is 0. The topological polar surface area (TPSA) is 75.2 Å². The fourth-order valence-electron chi connectivity index (χ4n) is 3.22. The number of rotatable bonds is 3. The fourth-order valence-corrected chi connectivity index (χ4v) is 3.22. The Hall–Kier alpha value is -1.98. The molecule has 1 saturated heterocycles. The number of hydrogen-bond acceptors (Lipinski definition) is 5. The van der Waals surface area contributed by atoms with E-state index in [2.05, 4.69) is 15.3 Å². The second-order valence-electron chi connectivity index (χ2n) is 5.74. The summed E-state index contributed by atoms with van der Waals surface area (Å²) in [6.45, 7) is 0. The molecule has 2 heterocycles. The molecule has 21 heavy (non-hydrogen) atoms. The zero-order valence-corrected chi connectivity index (χ0v) is 12.0. The van der Waals surface area contributed by atoms with Crippen molar-refractivity contribution in [2.24, 2.45) is 0 Å². The third-order valence-electron chi connectivity index (χ3n) is 4.26. The van der Waals surface area contributed by atoms with Gasteiger partial charge in [-0.1, -0.05) is 25.7 Å². The number of carbonyl (C=O) groups excluding carboxylic acids is 2. The Kier molecular flexibility index (Phi) is 4.13. The molecule has 6 nitrogen and oxygen atoms in total. The summed E-state index contributed by atoms with van der Waals surface area (Å²) in [6, 6.07) is -0.418. The molecule has 0 aromatic carbocycles. The van der Waals surface area contributed by atoms with Crippen LogP contribution in [0.15, 0.2) is 18.6 Å². The van der Waals surface area contributed by atoms with E-state index in [4.69, 9.17) is 0 Å². The van der Waals surface area contributed by atoms with Crippen LogP contribution >= 0.6 is 0 Å². The van der Waals surface area contributed by atoms with Gasteiger partial charge in [-0.25, -0.2) is 4.98 Å². The first kappa shape index (κ1) is 14.0. The van der Waals surface area contributed by atoms with Crippen LogP contribution < -0.4 is 5.32 Å². The Labute approximate surface area is 124 Å². The van der Waals surface area contributed by atoms with Crippen molar-refractivity contribution in [2.45, 2.75) is 57.0 Å². The maximum Gasteiger partial charge on any atom is 0.252 e. The highest BCUT2D eigenvalue weighted by Gasteiger charge is 2.42. The van der Waals surface area contributed by atoms with Crippen LogP contribution in [0.5, 0.6) is 0 Å². The number of anilines is 1. The van der Waals surface area contributed by atoms with Gasteiger partial charge in [0.15, 0.2) is 0 Å². The second kappa shape index (κ2) is 6.20. The lowest BCUT2D eigenvalue weighted by Crippen LogP contribution is -2.42.